The fourth-order valence-electron chi connectivity index (χ4n) is 3.66. The molecule has 0 saturated carbocycles. The number of ether oxygens (including phenoxy) is 1. The molecule has 0 saturated heterocycles. The predicted molar refractivity (Wildman–Crippen MR) is 157 cm³/mol. The third-order valence-electron chi connectivity index (χ3n) is 5.73. The van der Waals surface area contributed by atoms with Gasteiger partial charge >= 0.3 is 11.7 Å². The summed E-state index contributed by atoms with van der Waals surface area (Å²) in [6, 6.07) is 24.0. The summed E-state index contributed by atoms with van der Waals surface area (Å²) in [4.78, 5) is 58.5. The number of rotatable bonds is 10. The van der Waals surface area contributed by atoms with E-state index >= 15 is 0 Å². The molecule has 0 aliphatic rings. The van der Waals surface area contributed by atoms with Gasteiger partial charge in [-0.1, -0.05) is 36.4 Å². The van der Waals surface area contributed by atoms with Crippen molar-refractivity contribution in [3.05, 3.63) is 146 Å². The Kier molecular flexibility index (Phi) is 9.41. The average Bonchev–Trinajstić information content (AvgIpc) is 3.01. The number of carbonyl (C=O) groups excluding carboxylic acids is 3. The third kappa shape index (κ3) is 8.02. The van der Waals surface area contributed by atoms with Crippen LogP contribution in [0.2, 0.25) is 0 Å². The zero-order valence-electron chi connectivity index (χ0n) is 22.1. The number of hydrogen-bond donors (Lipinski definition) is 2. The van der Waals surface area contributed by atoms with Gasteiger partial charge in [0.25, 0.3) is 17.5 Å². The van der Waals surface area contributed by atoms with Crippen molar-refractivity contribution in [1.82, 2.24) is 5.43 Å². The fourth-order valence-corrected chi connectivity index (χ4v) is 3.66. The highest BCUT2D eigenvalue weighted by atomic mass is 16.6. The number of nitro groups is 2. The van der Waals surface area contributed by atoms with Crippen molar-refractivity contribution in [1.29, 1.82) is 0 Å². The standard InChI is InChI=1S/C30H21N5O8/c36-27(17-12-20-6-4-10-25(18-20)34(39)40)43-28-23(9-5-11-26(28)35(41)42)19-31-33-30(38)22-13-15-24(16-14-22)32-29(37)21-7-2-1-3-8-21/h1-19H,(H,32,37)(H,33,38)/b17-12+,31-19+. The van der Waals surface area contributed by atoms with E-state index in [-0.39, 0.29) is 22.7 Å². The van der Waals surface area contributed by atoms with Gasteiger partial charge in [0.05, 0.1) is 16.1 Å². The van der Waals surface area contributed by atoms with Crippen LogP contribution in [0.1, 0.15) is 31.8 Å². The van der Waals surface area contributed by atoms with Gasteiger partial charge in [0.1, 0.15) is 0 Å². The first-order chi connectivity index (χ1) is 20.7. The van der Waals surface area contributed by atoms with E-state index in [0.29, 0.717) is 16.8 Å². The van der Waals surface area contributed by atoms with Crippen LogP contribution in [0.15, 0.2) is 108 Å². The molecule has 4 aromatic carbocycles. The summed E-state index contributed by atoms with van der Waals surface area (Å²) in [6.07, 6.45) is 3.30. The van der Waals surface area contributed by atoms with Crippen LogP contribution in [0.4, 0.5) is 17.1 Å². The molecule has 0 unspecified atom stereocenters. The number of nitro benzene ring substituents is 2. The number of esters is 1. The molecule has 0 aliphatic carbocycles. The van der Waals surface area contributed by atoms with Gasteiger partial charge in [0.15, 0.2) is 0 Å². The third-order valence-corrected chi connectivity index (χ3v) is 5.73. The molecule has 2 N–H and O–H groups in total. The van der Waals surface area contributed by atoms with Crippen molar-refractivity contribution >= 4 is 47.1 Å². The lowest BCUT2D eigenvalue weighted by molar-refractivity contribution is -0.385. The Labute approximate surface area is 243 Å². The molecule has 4 rings (SSSR count). The number of carbonyl (C=O) groups is 3. The summed E-state index contributed by atoms with van der Waals surface area (Å²) in [5.41, 5.74) is 3.10. The predicted octanol–water partition coefficient (Wildman–Crippen LogP) is 5.14. The van der Waals surface area contributed by atoms with Gasteiger partial charge in [0, 0.05) is 46.7 Å². The lowest BCUT2D eigenvalue weighted by atomic mass is 10.1. The molecule has 0 spiro atoms. The van der Waals surface area contributed by atoms with Crippen LogP contribution in [0.25, 0.3) is 6.08 Å². The van der Waals surface area contributed by atoms with Crippen molar-refractivity contribution in [2.45, 2.75) is 0 Å². The van der Waals surface area contributed by atoms with E-state index in [2.05, 4.69) is 15.8 Å². The number of hydrogen-bond acceptors (Lipinski definition) is 9. The first kappa shape index (κ1) is 29.5. The van der Waals surface area contributed by atoms with Crippen molar-refractivity contribution in [3.8, 4) is 5.75 Å². The van der Waals surface area contributed by atoms with Crippen LogP contribution in [-0.4, -0.2) is 33.8 Å². The van der Waals surface area contributed by atoms with Gasteiger partial charge in [-0.3, -0.25) is 29.8 Å². The maximum atomic E-state index is 12.6. The van der Waals surface area contributed by atoms with Gasteiger partial charge in [0.2, 0.25) is 5.75 Å². The molecule has 0 bridgehead atoms. The highest BCUT2D eigenvalue weighted by Crippen LogP contribution is 2.30. The SMILES string of the molecule is O=C(/C=C/c1cccc([N+](=O)[O-])c1)Oc1c(/C=N/NC(=O)c2ccc(NC(=O)c3ccccc3)cc2)cccc1[N+](=O)[O-]. The lowest BCUT2D eigenvalue weighted by Gasteiger charge is -2.07. The monoisotopic (exact) mass is 579 g/mol. The molecule has 4 aromatic rings. The molecule has 0 aromatic heterocycles. The van der Waals surface area contributed by atoms with E-state index < -0.39 is 33.2 Å². The highest BCUT2D eigenvalue weighted by Gasteiger charge is 2.21. The molecule has 214 valence electrons. The second-order valence-electron chi connectivity index (χ2n) is 8.66. The minimum absolute atomic E-state index is 0.0190. The van der Waals surface area contributed by atoms with Gasteiger partial charge in [-0.25, -0.2) is 10.2 Å². The zero-order valence-corrected chi connectivity index (χ0v) is 22.1. The average molecular weight is 580 g/mol. The smallest absolute Gasteiger partial charge is 0.336 e. The Morgan fingerprint density at radius 3 is 2.16 bits per heavy atom. The summed E-state index contributed by atoms with van der Waals surface area (Å²) < 4.78 is 5.22. The van der Waals surface area contributed by atoms with Crippen molar-refractivity contribution in [2.24, 2.45) is 5.10 Å². The molecule has 0 fully saturated rings. The largest absolute Gasteiger partial charge is 0.415 e. The Bertz CT molecular complexity index is 1750. The molecule has 0 heterocycles. The maximum absolute atomic E-state index is 12.6. The molecule has 13 nitrogen and oxygen atoms in total. The van der Waals surface area contributed by atoms with Crippen molar-refractivity contribution in [3.63, 3.8) is 0 Å². The second-order valence-corrected chi connectivity index (χ2v) is 8.66. The maximum Gasteiger partial charge on any atom is 0.336 e. The van der Waals surface area contributed by atoms with E-state index in [4.69, 9.17) is 4.74 Å². The Morgan fingerprint density at radius 2 is 1.47 bits per heavy atom. The van der Waals surface area contributed by atoms with Crippen molar-refractivity contribution < 1.29 is 29.0 Å². The fraction of sp³-hybridized carbons (Fsp3) is 0. The first-order valence-corrected chi connectivity index (χ1v) is 12.4. The van der Waals surface area contributed by atoms with Crippen LogP contribution in [0.3, 0.4) is 0 Å². The zero-order chi connectivity index (χ0) is 30.8. The van der Waals surface area contributed by atoms with Gasteiger partial charge in [-0.2, -0.15) is 5.10 Å². The van der Waals surface area contributed by atoms with E-state index in [1.165, 1.54) is 54.6 Å². The normalized spacial score (nSPS) is 10.8. The van der Waals surface area contributed by atoms with E-state index in [1.807, 2.05) is 0 Å². The Balaban J connectivity index is 1.43. The molecule has 0 aliphatic heterocycles. The second kappa shape index (κ2) is 13.7. The van der Waals surface area contributed by atoms with Gasteiger partial charge in [-0.05, 0) is 54.1 Å². The van der Waals surface area contributed by atoms with Crippen LogP contribution in [0, 0.1) is 20.2 Å². The molecule has 2 amide bonds. The van der Waals surface area contributed by atoms with Crippen molar-refractivity contribution in [2.75, 3.05) is 5.32 Å². The quantitative estimate of drug-likeness (QED) is 0.0646. The number of anilines is 1. The van der Waals surface area contributed by atoms with Crippen LogP contribution in [-0.2, 0) is 4.79 Å². The molecular weight excluding hydrogens is 558 g/mol. The van der Waals surface area contributed by atoms with E-state index in [9.17, 15) is 34.6 Å². The minimum Gasteiger partial charge on any atom is -0.415 e. The van der Waals surface area contributed by atoms with E-state index in [1.54, 1.807) is 42.5 Å². The minimum atomic E-state index is -0.987. The Hall–Kier alpha value is -6.50. The highest BCUT2D eigenvalue weighted by molar-refractivity contribution is 6.04. The number of para-hydroxylation sites is 1. The molecule has 0 atom stereocenters. The summed E-state index contributed by atoms with van der Waals surface area (Å²) in [6.45, 7) is 0. The molecular formula is C30H21N5O8. The van der Waals surface area contributed by atoms with Gasteiger partial charge < -0.3 is 10.1 Å². The van der Waals surface area contributed by atoms with E-state index in [0.717, 1.165) is 18.4 Å². The van der Waals surface area contributed by atoms with Crippen LogP contribution in [0.5, 0.6) is 5.75 Å². The Morgan fingerprint density at radius 1 is 0.767 bits per heavy atom. The summed E-state index contributed by atoms with van der Waals surface area (Å²) in [5.74, 6) is -2.33. The number of nitrogens with one attached hydrogen (secondary N) is 2. The topological polar surface area (TPSA) is 183 Å². The molecule has 13 heteroatoms. The number of amides is 2. The summed E-state index contributed by atoms with van der Waals surface area (Å²) in [7, 11) is 0. The molecule has 43 heavy (non-hydrogen) atoms. The number of benzene rings is 4. The lowest BCUT2D eigenvalue weighted by Crippen LogP contribution is -2.18. The molecule has 0 radical (unpaired) electrons. The number of non-ortho nitro benzene ring substituents is 1. The summed E-state index contributed by atoms with van der Waals surface area (Å²) >= 11 is 0. The summed E-state index contributed by atoms with van der Waals surface area (Å²) in [5, 5.41) is 29.1. The van der Waals surface area contributed by atoms with Gasteiger partial charge in [-0.15, -0.1) is 0 Å². The van der Waals surface area contributed by atoms with Crippen LogP contribution < -0.4 is 15.5 Å². The number of hydrazone groups is 1. The van der Waals surface area contributed by atoms with Crippen LogP contribution >= 0.6 is 0 Å². The first-order valence-electron chi connectivity index (χ1n) is 12.4. The number of nitrogens with zero attached hydrogens (tertiary/aromatic N) is 3.